The summed E-state index contributed by atoms with van der Waals surface area (Å²) in [5.74, 6) is 0.0379. The second kappa shape index (κ2) is 6.62. The zero-order valence-corrected chi connectivity index (χ0v) is 13.9. The molecule has 0 aromatic carbocycles. The van der Waals surface area contributed by atoms with Crippen LogP contribution in [-0.4, -0.2) is 25.6 Å². The van der Waals surface area contributed by atoms with Gasteiger partial charge in [-0.1, -0.05) is 13.8 Å². The molecule has 0 bridgehead atoms. The van der Waals surface area contributed by atoms with Gasteiger partial charge in [0.15, 0.2) is 5.65 Å². The van der Waals surface area contributed by atoms with Gasteiger partial charge in [0.05, 0.1) is 11.9 Å². The summed E-state index contributed by atoms with van der Waals surface area (Å²) in [6.07, 6.45) is 1.14. The quantitative estimate of drug-likeness (QED) is 0.738. The zero-order valence-electron chi connectivity index (χ0n) is 13.9. The number of nitrogens with one attached hydrogen (secondary N) is 2. The van der Waals surface area contributed by atoms with E-state index in [1.807, 2.05) is 13.8 Å². The highest BCUT2D eigenvalue weighted by Gasteiger charge is 2.32. The fraction of sp³-hybridized carbons (Fsp3) is 0.250. The molecule has 3 heterocycles. The third kappa shape index (κ3) is 3.58. The summed E-state index contributed by atoms with van der Waals surface area (Å²) >= 11 is 0. The van der Waals surface area contributed by atoms with Crippen LogP contribution < -0.4 is 10.6 Å². The van der Waals surface area contributed by atoms with Crippen molar-refractivity contribution in [2.24, 2.45) is 0 Å². The summed E-state index contributed by atoms with van der Waals surface area (Å²) in [4.78, 5) is 19.7. The Morgan fingerprint density at radius 2 is 1.96 bits per heavy atom. The van der Waals surface area contributed by atoms with E-state index in [0.29, 0.717) is 11.3 Å². The summed E-state index contributed by atoms with van der Waals surface area (Å²) in [5.41, 5.74) is 0.692. The van der Waals surface area contributed by atoms with E-state index in [0.717, 1.165) is 17.8 Å². The normalized spacial score (nSPS) is 11.8. The van der Waals surface area contributed by atoms with Crippen molar-refractivity contribution in [2.45, 2.75) is 25.9 Å². The first kappa shape index (κ1) is 17.6. The van der Waals surface area contributed by atoms with Crippen molar-refractivity contribution in [2.75, 3.05) is 10.6 Å². The van der Waals surface area contributed by atoms with Crippen LogP contribution in [0.3, 0.4) is 0 Å². The van der Waals surface area contributed by atoms with Crippen LogP contribution in [0.5, 0.6) is 0 Å². The van der Waals surface area contributed by atoms with E-state index < -0.39 is 17.9 Å². The maximum absolute atomic E-state index is 12.7. The molecule has 3 rings (SSSR count). The van der Waals surface area contributed by atoms with E-state index in [2.05, 4.69) is 25.7 Å². The van der Waals surface area contributed by atoms with Crippen LogP contribution in [0.15, 0.2) is 36.9 Å². The SMILES string of the molecule is CC(C)c1c(NC(=O)Nc2ccnc(C(F)(F)F)c2)cnn2ccnc12. The fourth-order valence-electron chi connectivity index (χ4n) is 2.51. The number of imidazole rings is 1. The highest BCUT2D eigenvalue weighted by atomic mass is 19.4. The van der Waals surface area contributed by atoms with Crippen LogP contribution in [-0.2, 0) is 6.18 Å². The minimum absolute atomic E-state index is 0.0224. The number of nitrogens with zero attached hydrogens (tertiary/aromatic N) is 4. The van der Waals surface area contributed by atoms with Gasteiger partial charge in [-0.25, -0.2) is 14.3 Å². The number of hydrogen-bond donors (Lipinski definition) is 2. The van der Waals surface area contributed by atoms with E-state index in [1.54, 1.807) is 16.9 Å². The molecule has 0 aliphatic heterocycles. The summed E-state index contributed by atoms with van der Waals surface area (Å²) in [6, 6.07) is 1.34. The number of carbonyl (C=O) groups excluding carboxylic acids is 1. The Hall–Kier alpha value is -3.17. The van der Waals surface area contributed by atoms with E-state index in [-0.39, 0.29) is 11.6 Å². The second-order valence-corrected chi connectivity index (χ2v) is 5.83. The maximum Gasteiger partial charge on any atom is 0.433 e. The van der Waals surface area contributed by atoms with Gasteiger partial charge in [0.1, 0.15) is 5.69 Å². The number of alkyl halides is 3. The average Bonchev–Trinajstić information content (AvgIpc) is 3.02. The minimum atomic E-state index is -4.59. The average molecular weight is 364 g/mol. The molecule has 2 amide bonds. The molecule has 0 spiro atoms. The molecule has 26 heavy (non-hydrogen) atoms. The van der Waals surface area contributed by atoms with Crippen LogP contribution in [0.25, 0.3) is 5.65 Å². The summed E-state index contributed by atoms with van der Waals surface area (Å²) < 4.78 is 39.7. The van der Waals surface area contributed by atoms with E-state index in [4.69, 9.17) is 0 Å². The number of hydrogen-bond acceptors (Lipinski definition) is 4. The van der Waals surface area contributed by atoms with Crippen LogP contribution in [0.2, 0.25) is 0 Å². The number of carbonyl (C=O) groups is 1. The fourth-order valence-corrected chi connectivity index (χ4v) is 2.51. The van der Waals surface area contributed by atoms with Crippen LogP contribution in [0.4, 0.5) is 29.3 Å². The topological polar surface area (TPSA) is 84.2 Å². The number of aromatic nitrogens is 4. The lowest BCUT2D eigenvalue weighted by molar-refractivity contribution is -0.141. The van der Waals surface area contributed by atoms with Crippen molar-refractivity contribution < 1.29 is 18.0 Å². The third-order valence-electron chi connectivity index (χ3n) is 3.60. The Kier molecular flexibility index (Phi) is 4.49. The first-order chi connectivity index (χ1) is 12.3. The Bertz CT molecular complexity index is 951. The lowest BCUT2D eigenvalue weighted by atomic mass is 10.0. The standard InChI is InChI=1S/C16H15F3N6O/c1-9(2)13-11(8-22-25-6-5-21-14(13)25)24-15(26)23-10-3-4-20-12(7-10)16(17,18)19/h3-9H,1-2H3,(H2,20,23,24,26). The third-order valence-corrected chi connectivity index (χ3v) is 3.60. The number of urea groups is 1. The van der Waals surface area contributed by atoms with Crippen molar-refractivity contribution >= 4 is 23.1 Å². The van der Waals surface area contributed by atoms with Crippen molar-refractivity contribution in [3.63, 3.8) is 0 Å². The summed E-state index contributed by atoms with van der Waals surface area (Å²) in [7, 11) is 0. The van der Waals surface area contributed by atoms with Gasteiger partial charge in [-0.3, -0.25) is 4.98 Å². The first-order valence-corrected chi connectivity index (χ1v) is 7.69. The molecule has 0 unspecified atom stereocenters. The number of fused-ring (bicyclic) bond motifs is 1. The number of rotatable bonds is 3. The van der Waals surface area contributed by atoms with Gasteiger partial charge in [0.2, 0.25) is 0 Å². The molecule has 3 aromatic rings. The molecule has 7 nitrogen and oxygen atoms in total. The minimum Gasteiger partial charge on any atom is -0.308 e. The van der Waals surface area contributed by atoms with Crippen molar-refractivity contribution in [3.8, 4) is 0 Å². The number of anilines is 2. The second-order valence-electron chi connectivity index (χ2n) is 5.83. The van der Waals surface area contributed by atoms with Crippen LogP contribution in [0, 0.1) is 0 Å². The first-order valence-electron chi connectivity index (χ1n) is 7.69. The molecule has 0 saturated heterocycles. The molecule has 0 atom stereocenters. The largest absolute Gasteiger partial charge is 0.433 e. The number of pyridine rings is 1. The Morgan fingerprint density at radius 1 is 1.19 bits per heavy atom. The molecule has 0 saturated carbocycles. The molecule has 136 valence electrons. The molecule has 10 heteroatoms. The molecular weight excluding hydrogens is 349 g/mol. The van der Waals surface area contributed by atoms with Gasteiger partial charge in [-0.15, -0.1) is 0 Å². The Morgan fingerprint density at radius 3 is 2.65 bits per heavy atom. The predicted octanol–water partition coefficient (Wildman–Crippen LogP) is 3.91. The van der Waals surface area contributed by atoms with Gasteiger partial charge in [0, 0.05) is 29.8 Å². The monoisotopic (exact) mass is 364 g/mol. The van der Waals surface area contributed by atoms with Crippen LogP contribution in [0.1, 0.15) is 31.0 Å². The van der Waals surface area contributed by atoms with Crippen molar-refractivity contribution in [1.82, 2.24) is 19.6 Å². The van der Waals surface area contributed by atoms with Gasteiger partial charge in [-0.2, -0.15) is 18.3 Å². The van der Waals surface area contributed by atoms with Crippen molar-refractivity contribution in [3.05, 3.63) is 48.2 Å². The molecule has 0 aliphatic rings. The Balaban J connectivity index is 1.83. The van der Waals surface area contributed by atoms with Gasteiger partial charge < -0.3 is 10.6 Å². The molecule has 0 aliphatic carbocycles. The highest BCUT2D eigenvalue weighted by molar-refractivity contribution is 6.00. The molecule has 0 radical (unpaired) electrons. The van der Waals surface area contributed by atoms with E-state index in [1.165, 1.54) is 12.3 Å². The van der Waals surface area contributed by atoms with Gasteiger partial charge in [-0.05, 0) is 18.1 Å². The summed E-state index contributed by atoms with van der Waals surface area (Å²) in [5, 5.41) is 9.12. The predicted molar refractivity (Wildman–Crippen MR) is 89.0 cm³/mol. The van der Waals surface area contributed by atoms with Crippen LogP contribution >= 0.6 is 0 Å². The molecule has 0 fully saturated rings. The number of amides is 2. The Labute approximate surface area is 146 Å². The molecule has 3 aromatic heterocycles. The lowest BCUT2D eigenvalue weighted by Gasteiger charge is -2.15. The van der Waals surface area contributed by atoms with Gasteiger partial charge >= 0.3 is 12.2 Å². The molecular formula is C16H15F3N6O. The zero-order chi connectivity index (χ0) is 18.9. The molecule has 2 N–H and O–H groups in total. The van der Waals surface area contributed by atoms with Crippen molar-refractivity contribution in [1.29, 1.82) is 0 Å². The maximum atomic E-state index is 12.7. The smallest absolute Gasteiger partial charge is 0.308 e. The highest BCUT2D eigenvalue weighted by Crippen LogP contribution is 2.29. The van der Waals surface area contributed by atoms with Gasteiger partial charge in [0.25, 0.3) is 0 Å². The number of halogens is 3. The van der Waals surface area contributed by atoms with E-state index >= 15 is 0 Å². The van der Waals surface area contributed by atoms with E-state index in [9.17, 15) is 18.0 Å². The summed E-state index contributed by atoms with van der Waals surface area (Å²) in [6.45, 7) is 3.87. The lowest BCUT2D eigenvalue weighted by Crippen LogP contribution is -2.21.